The fraction of sp³-hybridized carbons (Fsp3) is 1.00. The lowest BCUT2D eigenvalue weighted by Gasteiger charge is -2.29. The molecule has 0 radical (unpaired) electrons. The molecule has 0 spiro atoms. The average Bonchev–Trinajstić information content (AvgIpc) is 2.68. The molecule has 0 aromatic heterocycles. The second kappa shape index (κ2) is 21.8. The number of rotatable bonds is 23. The quantitative estimate of drug-likeness (QED) is 0.0614. The Labute approximate surface area is 192 Å². The Bertz CT molecular complexity index is 329. The van der Waals surface area contributed by atoms with Crippen LogP contribution in [0.3, 0.4) is 0 Å². The highest BCUT2D eigenvalue weighted by molar-refractivity contribution is 9.09. The summed E-state index contributed by atoms with van der Waals surface area (Å²) >= 11 is 3.49. The zero-order chi connectivity index (χ0) is 21.6. The van der Waals surface area contributed by atoms with Crippen LogP contribution in [0.15, 0.2) is 0 Å². The molecular formula is C24H51BrO3Si. The molecule has 0 saturated carbocycles. The van der Waals surface area contributed by atoms with Crippen LogP contribution in [0.5, 0.6) is 0 Å². The van der Waals surface area contributed by atoms with Crippen molar-refractivity contribution in [1.82, 2.24) is 0 Å². The largest absolute Gasteiger partial charge is 0.394 e. The van der Waals surface area contributed by atoms with E-state index in [2.05, 4.69) is 42.9 Å². The number of hydrogen-bond donors (Lipinski definition) is 0. The normalized spacial score (nSPS) is 13.1. The molecule has 1 atom stereocenters. The van der Waals surface area contributed by atoms with Gasteiger partial charge in [0.15, 0.2) is 0 Å². The third kappa shape index (κ3) is 21.6. The number of ether oxygens (including phenoxy) is 1. The molecule has 0 aliphatic heterocycles. The van der Waals surface area contributed by atoms with Gasteiger partial charge in [-0.3, -0.25) is 0 Å². The SMILES string of the molecule is CCCCCCCCCCCCOC(CCC)O[Si](C)(C)OCCCCCCBr. The summed E-state index contributed by atoms with van der Waals surface area (Å²) in [4.78, 5) is 0. The first kappa shape index (κ1) is 29.6. The molecule has 0 amide bonds. The van der Waals surface area contributed by atoms with Crippen molar-refractivity contribution in [2.24, 2.45) is 0 Å². The van der Waals surface area contributed by atoms with Gasteiger partial charge in [0, 0.05) is 18.5 Å². The molecule has 0 heterocycles. The molecule has 0 aliphatic rings. The van der Waals surface area contributed by atoms with E-state index in [9.17, 15) is 0 Å². The highest BCUT2D eigenvalue weighted by atomic mass is 79.9. The van der Waals surface area contributed by atoms with Crippen LogP contribution in [0.1, 0.15) is 117 Å². The first-order valence-corrected chi connectivity index (χ1v) is 16.5. The maximum atomic E-state index is 6.28. The van der Waals surface area contributed by atoms with Gasteiger partial charge in [-0.15, -0.1) is 0 Å². The minimum absolute atomic E-state index is 0.0892. The monoisotopic (exact) mass is 494 g/mol. The van der Waals surface area contributed by atoms with Crippen molar-refractivity contribution in [3.05, 3.63) is 0 Å². The van der Waals surface area contributed by atoms with E-state index in [0.29, 0.717) is 0 Å². The lowest BCUT2D eigenvalue weighted by Crippen LogP contribution is -2.40. The average molecular weight is 496 g/mol. The van der Waals surface area contributed by atoms with Crippen molar-refractivity contribution >= 4 is 24.5 Å². The molecule has 0 aromatic carbocycles. The van der Waals surface area contributed by atoms with Crippen LogP contribution in [0.4, 0.5) is 0 Å². The predicted molar refractivity (Wildman–Crippen MR) is 133 cm³/mol. The number of alkyl halides is 1. The van der Waals surface area contributed by atoms with E-state index in [4.69, 9.17) is 13.6 Å². The van der Waals surface area contributed by atoms with Gasteiger partial charge in [-0.2, -0.15) is 0 Å². The van der Waals surface area contributed by atoms with Gasteiger partial charge >= 0.3 is 8.56 Å². The van der Waals surface area contributed by atoms with Gasteiger partial charge in [-0.25, -0.2) is 0 Å². The Morgan fingerprint density at radius 2 is 1.17 bits per heavy atom. The molecule has 5 heteroatoms. The van der Waals surface area contributed by atoms with Crippen LogP contribution < -0.4 is 0 Å². The zero-order valence-corrected chi connectivity index (χ0v) is 22.7. The summed E-state index contributed by atoms with van der Waals surface area (Å²) in [6.07, 6.45) is 20.4. The summed E-state index contributed by atoms with van der Waals surface area (Å²) in [5, 5.41) is 1.10. The van der Waals surface area contributed by atoms with E-state index in [1.165, 1.54) is 77.0 Å². The van der Waals surface area contributed by atoms with Crippen molar-refractivity contribution in [3.63, 3.8) is 0 Å². The summed E-state index contributed by atoms with van der Waals surface area (Å²) in [5.74, 6) is 0. The summed E-state index contributed by atoms with van der Waals surface area (Å²) in [5.41, 5.74) is 0. The van der Waals surface area contributed by atoms with E-state index in [0.717, 1.165) is 44.2 Å². The van der Waals surface area contributed by atoms with E-state index >= 15 is 0 Å². The van der Waals surface area contributed by atoms with Crippen LogP contribution in [0, 0.1) is 0 Å². The van der Waals surface area contributed by atoms with Crippen LogP contribution >= 0.6 is 15.9 Å². The lowest BCUT2D eigenvalue weighted by molar-refractivity contribution is -0.103. The van der Waals surface area contributed by atoms with Gasteiger partial charge in [-0.1, -0.05) is 107 Å². The standard InChI is InChI=1S/C24H51BrO3Si/c1-5-7-8-9-10-11-12-13-15-18-22-26-24(20-6-2)28-29(3,4)27-23-19-16-14-17-21-25/h24H,5-23H2,1-4H3. The summed E-state index contributed by atoms with van der Waals surface area (Å²) in [7, 11) is -2.11. The topological polar surface area (TPSA) is 27.7 Å². The summed E-state index contributed by atoms with van der Waals surface area (Å²) in [6.45, 7) is 10.4. The summed E-state index contributed by atoms with van der Waals surface area (Å²) in [6, 6.07) is 0. The lowest BCUT2D eigenvalue weighted by atomic mass is 10.1. The Morgan fingerprint density at radius 1 is 0.655 bits per heavy atom. The molecule has 176 valence electrons. The Balaban J connectivity index is 3.76. The van der Waals surface area contributed by atoms with Gasteiger partial charge in [0.1, 0.15) is 6.29 Å². The molecule has 3 nitrogen and oxygen atoms in total. The molecule has 0 bridgehead atoms. The molecule has 0 aliphatic carbocycles. The van der Waals surface area contributed by atoms with Gasteiger partial charge < -0.3 is 13.6 Å². The first-order valence-electron chi connectivity index (χ1n) is 12.5. The third-order valence-electron chi connectivity index (χ3n) is 5.22. The van der Waals surface area contributed by atoms with Gasteiger partial charge in [0.05, 0.1) is 0 Å². The Kier molecular flexibility index (Phi) is 22.2. The highest BCUT2D eigenvalue weighted by Gasteiger charge is 2.28. The van der Waals surface area contributed by atoms with E-state index in [1.54, 1.807) is 0 Å². The minimum Gasteiger partial charge on any atom is -0.394 e. The molecule has 0 saturated heterocycles. The van der Waals surface area contributed by atoms with Crippen molar-refractivity contribution in [2.75, 3.05) is 18.5 Å². The van der Waals surface area contributed by atoms with Crippen LogP contribution in [-0.4, -0.2) is 33.4 Å². The second-order valence-electron chi connectivity index (χ2n) is 8.74. The Hall–Kier alpha value is 0.577. The predicted octanol–water partition coefficient (Wildman–Crippen LogP) is 8.74. The van der Waals surface area contributed by atoms with Crippen molar-refractivity contribution in [1.29, 1.82) is 0 Å². The maximum absolute atomic E-state index is 6.28. The van der Waals surface area contributed by atoms with Crippen molar-refractivity contribution in [3.8, 4) is 0 Å². The number of unbranched alkanes of at least 4 members (excludes halogenated alkanes) is 12. The molecular weight excluding hydrogens is 444 g/mol. The first-order chi connectivity index (χ1) is 14.1. The second-order valence-corrected chi connectivity index (χ2v) is 12.9. The molecule has 29 heavy (non-hydrogen) atoms. The molecule has 0 rings (SSSR count). The smallest absolute Gasteiger partial charge is 0.333 e. The Morgan fingerprint density at radius 3 is 1.72 bits per heavy atom. The van der Waals surface area contributed by atoms with Crippen molar-refractivity contribution < 1.29 is 13.6 Å². The zero-order valence-electron chi connectivity index (χ0n) is 20.1. The third-order valence-corrected chi connectivity index (χ3v) is 7.51. The molecule has 1 unspecified atom stereocenters. The molecule has 0 aromatic rings. The van der Waals surface area contributed by atoms with E-state index in [-0.39, 0.29) is 6.29 Å². The number of hydrogen-bond acceptors (Lipinski definition) is 3. The van der Waals surface area contributed by atoms with Gasteiger partial charge in [-0.05, 0) is 38.8 Å². The van der Waals surface area contributed by atoms with Gasteiger partial charge in [0.2, 0.25) is 0 Å². The molecule has 0 fully saturated rings. The number of halogens is 1. The fourth-order valence-corrected chi connectivity index (χ4v) is 5.35. The maximum Gasteiger partial charge on any atom is 0.333 e. The highest BCUT2D eigenvalue weighted by Crippen LogP contribution is 2.17. The summed E-state index contributed by atoms with van der Waals surface area (Å²) < 4.78 is 18.5. The van der Waals surface area contributed by atoms with Crippen molar-refractivity contribution in [2.45, 2.75) is 136 Å². The fourth-order valence-electron chi connectivity index (χ4n) is 3.43. The van der Waals surface area contributed by atoms with E-state index in [1.807, 2.05) is 0 Å². The van der Waals surface area contributed by atoms with Crippen LogP contribution in [0.25, 0.3) is 0 Å². The minimum atomic E-state index is -2.11. The van der Waals surface area contributed by atoms with E-state index < -0.39 is 8.56 Å². The van der Waals surface area contributed by atoms with Crippen LogP contribution in [0.2, 0.25) is 13.1 Å². The van der Waals surface area contributed by atoms with Gasteiger partial charge in [0.25, 0.3) is 0 Å². The van der Waals surface area contributed by atoms with Crippen LogP contribution in [-0.2, 0) is 13.6 Å². The molecule has 0 N–H and O–H groups in total.